The second kappa shape index (κ2) is 5.42. The maximum atomic E-state index is 13.9. The van der Waals surface area contributed by atoms with Gasteiger partial charge in [0.05, 0.1) is 12.1 Å². The van der Waals surface area contributed by atoms with Gasteiger partial charge in [-0.2, -0.15) is 0 Å². The monoisotopic (exact) mass is 331 g/mol. The predicted molar refractivity (Wildman–Crippen MR) is 96.0 cm³/mol. The highest BCUT2D eigenvalue weighted by molar-refractivity contribution is 6.10. The Kier molecular flexibility index (Phi) is 3.33. The van der Waals surface area contributed by atoms with Crippen molar-refractivity contribution in [1.29, 1.82) is 0 Å². The van der Waals surface area contributed by atoms with E-state index in [1.54, 1.807) is 6.07 Å². The minimum absolute atomic E-state index is 0.0611. The third kappa shape index (κ3) is 2.28. The van der Waals surface area contributed by atoms with Gasteiger partial charge in [0.2, 0.25) is 5.69 Å². The largest absolute Gasteiger partial charge is 0.467 e. The highest BCUT2D eigenvalue weighted by Crippen LogP contribution is 2.38. The Bertz CT molecular complexity index is 1200. The lowest BCUT2D eigenvalue weighted by atomic mass is 10.0. The van der Waals surface area contributed by atoms with Crippen molar-refractivity contribution in [3.63, 3.8) is 0 Å². The lowest BCUT2D eigenvalue weighted by Crippen LogP contribution is -2.30. The molecule has 0 N–H and O–H groups in total. The average Bonchev–Trinajstić information content (AvgIpc) is 2.94. The zero-order chi connectivity index (χ0) is 17.7. The molecule has 2 heterocycles. The van der Waals surface area contributed by atoms with E-state index in [2.05, 4.69) is 35.4 Å². The summed E-state index contributed by atoms with van der Waals surface area (Å²) in [6.07, 6.45) is 2.03. The molecule has 0 aliphatic carbocycles. The van der Waals surface area contributed by atoms with Crippen LogP contribution in [0, 0.1) is 26.2 Å². The Morgan fingerprint density at radius 3 is 2.64 bits per heavy atom. The molecule has 0 saturated heterocycles. The van der Waals surface area contributed by atoms with Crippen LogP contribution in [-0.2, 0) is 7.05 Å². The Morgan fingerprint density at radius 1 is 1.08 bits per heavy atom. The standard InChI is InChI=1S/C21H16FN2O/c1-12-7-8-24(4)18(9-12)15-11-19-16(10-13(15)2)14-5-6-17(22)20(23-3)21(14)25-19/h5-11H,1-2,4H3/q+1. The number of benzene rings is 2. The highest BCUT2D eigenvalue weighted by atomic mass is 19.1. The first-order valence-corrected chi connectivity index (χ1v) is 7.99. The third-order valence-electron chi connectivity index (χ3n) is 4.60. The van der Waals surface area contributed by atoms with E-state index in [1.165, 1.54) is 11.6 Å². The zero-order valence-electron chi connectivity index (χ0n) is 14.2. The number of furan rings is 1. The van der Waals surface area contributed by atoms with Crippen molar-refractivity contribution in [2.75, 3.05) is 0 Å². The van der Waals surface area contributed by atoms with Gasteiger partial charge in [-0.3, -0.25) is 0 Å². The molecule has 4 rings (SSSR count). The normalized spacial score (nSPS) is 11.2. The molecule has 0 bridgehead atoms. The second-order valence-electron chi connectivity index (χ2n) is 6.35. The van der Waals surface area contributed by atoms with Gasteiger partial charge in [0.15, 0.2) is 6.20 Å². The van der Waals surface area contributed by atoms with E-state index in [1.807, 2.05) is 25.4 Å². The van der Waals surface area contributed by atoms with Gasteiger partial charge in [-0.15, -0.1) is 0 Å². The van der Waals surface area contributed by atoms with Gasteiger partial charge in [0, 0.05) is 22.9 Å². The number of pyridine rings is 1. The van der Waals surface area contributed by atoms with Crippen LogP contribution in [0.25, 0.3) is 38.0 Å². The molecule has 122 valence electrons. The van der Waals surface area contributed by atoms with Crippen molar-refractivity contribution >= 4 is 27.6 Å². The number of fused-ring (bicyclic) bond motifs is 3. The lowest BCUT2D eigenvalue weighted by Gasteiger charge is -2.05. The molecule has 0 saturated carbocycles. The Morgan fingerprint density at radius 2 is 1.88 bits per heavy atom. The first-order valence-electron chi connectivity index (χ1n) is 7.99. The summed E-state index contributed by atoms with van der Waals surface area (Å²) >= 11 is 0. The first-order chi connectivity index (χ1) is 12.0. The van der Waals surface area contributed by atoms with Gasteiger partial charge in [0.25, 0.3) is 5.69 Å². The molecule has 0 fully saturated rings. The van der Waals surface area contributed by atoms with Crippen LogP contribution in [0.3, 0.4) is 0 Å². The Labute approximate surface area is 144 Å². The molecule has 0 spiro atoms. The van der Waals surface area contributed by atoms with Crippen molar-refractivity contribution in [2.24, 2.45) is 7.05 Å². The molecular formula is C21H16FN2O+. The summed E-state index contributed by atoms with van der Waals surface area (Å²) < 4.78 is 21.8. The van der Waals surface area contributed by atoms with Gasteiger partial charge >= 0.3 is 0 Å². The van der Waals surface area contributed by atoms with Crippen LogP contribution in [0.2, 0.25) is 0 Å². The summed E-state index contributed by atoms with van der Waals surface area (Å²) in [5.74, 6) is -0.552. The number of halogens is 1. The molecule has 0 aliphatic heterocycles. The number of aryl methyl sites for hydroxylation is 3. The van der Waals surface area contributed by atoms with Crippen molar-refractivity contribution in [3.8, 4) is 11.3 Å². The van der Waals surface area contributed by atoms with Crippen LogP contribution in [-0.4, -0.2) is 0 Å². The summed E-state index contributed by atoms with van der Waals surface area (Å²) in [4.78, 5) is 3.30. The Hall–Kier alpha value is -3.19. The maximum Gasteiger partial charge on any atom is 0.264 e. The quantitative estimate of drug-likeness (QED) is 0.339. The fourth-order valence-corrected chi connectivity index (χ4v) is 3.28. The summed E-state index contributed by atoms with van der Waals surface area (Å²) in [7, 11) is 2.00. The number of nitrogens with zero attached hydrogens (tertiary/aromatic N) is 2. The summed E-state index contributed by atoms with van der Waals surface area (Å²) in [6, 6.07) is 11.2. The molecule has 0 amide bonds. The summed E-state index contributed by atoms with van der Waals surface area (Å²) in [6.45, 7) is 11.3. The van der Waals surface area contributed by atoms with Gasteiger partial charge in [0.1, 0.15) is 24.0 Å². The van der Waals surface area contributed by atoms with Crippen LogP contribution >= 0.6 is 0 Å². The number of hydrogen-bond donors (Lipinski definition) is 0. The fourth-order valence-electron chi connectivity index (χ4n) is 3.28. The zero-order valence-corrected chi connectivity index (χ0v) is 14.2. The van der Waals surface area contributed by atoms with Crippen molar-refractivity contribution < 1.29 is 13.4 Å². The van der Waals surface area contributed by atoms with E-state index in [9.17, 15) is 4.39 Å². The lowest BCUT2D eigenvalue weighted by molar-refractivity contribution is -0.660. The minimum atomic E-state index is -0.552. The van der Waals surface area contributed by atoms with Crippen molar-refractivity contribution in [3.05, 3.63) is 71.0 Å². The fraction of sp³-hybridized carbons (Fsp3) is 0.143. The molecule has 0 radical (unpaired) electrons. The maximum absolute atomic E-state index is 13.9. The topological polar surface area (TPSA) is 21.4 Å². The SMILES string of the molecule is [C-]#[N+]c1c(F)ccc2c1oc1cc(-c3cc(C)cc[n+]3C)c(C)cc12. The number of hydrogen-bond acceptors (Lipinski definition) is 1. The molecule has 0 aliphatic rings. The van der Waals surface area contributed by atoms with E-state index >= 15 is 0 Å². The van der Waals surface area contributed by atoms with Crippen molar-refractivity contribution in [1.82, 2.24) is 0 Å². The molecule has 2 aromatic heterocycles. The number of rotatable bonds is 1. The molecule has 0 atom stereocenters. The second-order valence-corrected chi connectivity index (χ2v) is 6.35. The molecule has 25 heavy (non-hydrogen) atoms. The Balaban J connectivity index is 2.07. The van der Waals surface area contributed by atoms with E-state index in [4.69, 9.17) is 11.0 Å². The minimum Gasteiger partial charge on any atom is -0.467 e. The predicted octanol–water partition coefficient (Wildman–Crippen LogP) is 5.38. The van der Waals surface area contributed by atoms with Crippen molar-refractivity contribution in [2.45, 2.75) is 13.8 Å². The average molecular weight is 331 g/mol. The van der Waals surface area contributed by atoms with Crippen LogP contribution in [0.15, 0.2) is 47.0 Å². The molecular weight excluding hydrogens is 315 g/mol. The van der Waals surface area contributed by atoms with E-state index < -0.39 is 5.82 Å². The summed E-state index contributed by atoms with van der Waals surface area (Å²) in [5.41, 5.74) is 5.33. The summed E-state index contributed by atoms with van der Waals surface area (Å²) in [5, 5.41) is 1.67. The van der Waals surface area contributed by atoms with Crippen LogP contribution in [0.1, 0.15) is 11.1 Å². The van der Waals surface area contributed by atoms with Crippen LogP contribution in [0.5, 0.6) is 0 Å². The van der Waals surface area contributed by atoms with Crippen LogP contribution < -0.4 is 4.57 Å². The van der Waals surface area contributed by atoms with Gasteiger partial charge in [-0.25, -0.2) is 13.8 Å². The highest BCUT2D eigenvalue weighted by Gasteiger charge is 2.19. The van der Waals surface area contributed by atoms with E-state index in [-0.39, 0.29) is 5.69 Å². The third-order valence-corrected chi connectivity index (χ3v) is 4.60. The number of aromatic nitrogens is 1. The van der Waals surface area contributed by atoms with E-state index in [0.29, 0.717) is 11.2 Å². The van der Waals surface area contributed by atoms with Gasteiger partial charge in [-0.05, 0) is 43.2 Å². The van der Waals surface area contributed by atoms with Gasteiger partial charge in [-0.1, -0.05) is 6.07 Å². The molecule has 3 nitrogen and oxygen atoms in total. The molecule has 0 unspecified atom stereocenters. The first kappa shape index (κ1) is 15.3. The van der Waals surface area contributed by atoms with Gasteiger partial charge < -0.3 is 4.42 Å². The molecule has 2 aromatic carbocycles. The molecule has 4 heteroatoms. The van der Waals surface area contributed by atoms with E-state index in [0.717, 1.165) is 27.6 Å². The smallest absolute Gasteiger partial charge is 0.264 e. The van der Waals surface area contributed by atoms with Crippen LogP contribution in [0.4, 0.5) is 10.1 Å². The molecule has 4 aromatic rings.